The molecule has 14 nitrogen and oxygen atoms in total. The van der Waals surface area contributed by atoms with Crippen LogP contribution in [0.3, 0.4) is 0 Å². The van der Waals surface area contributed by atoms with Crippen molar-refractivity contribution < 1.29 is 23.9 Å². The van der Waals surface area contributed by atoms with Gasteiger partial charge in [-0.05, 0) is 91.8 Å². The SMILES string of the molecule is CCC(Oc1ccc(C#N)c2[nH]c(=O)ccc12)C(C)(C)[C@H](CC)NC(=O)c1ccc(N2CCN(C[C@@H]3CCN(c4ccc5c(c4)CN(C4CCC(=O)NC4=O)C5OC)C3)CC2)cc1. The minimum absolute atomic E-state index is 0.124. The number of ether oxygens (including phenoxy) is 2. The number of rotatable bonds is 14. The van der Waals surface area contributed by atoms with Crippen molar-refractivity contribution in [3.8, 4) is 11.8 Å². The van der Waals surface area contributed by atoms with Gasteiger partial charge in [0.15, 0.2) is 0 Å². The topological polar surface area (TPSA) is 163 Å². The number of pyridine rings is 1. The Bertz CT molecular complexity index is 2440. The third-order valence-corrected chi connectivity index (χ3v) is 14.0. The number of benzene rings is 3. The number of aromatic amines is 1. The predicted octanol–water partition coefficient (Wildman–Crippen LogP) is 5.71. The van der Waals surface area contributed by atoms with E-state index in [9.17, 15) is 24.4 Å². The summed E-state index contributed by atoms with van der Waals surface area (Å²) >= 11 is 0. The van der Waals surface area contributed by atoms with Crippen LogP contribution >= 0.6 is 0 Å². The number of hydrogen-bond donors (Lipinski definition) is 3. The fourth-order valence-electron chi connectivity index (χ4n) is 10.4. The van der Waals surface area contributed by atoms with Gasteiger partial charge in [0.05, 0.1) is 17.1 Å². The van der Waals surface area contributed by atoms with E-state index in [1.54, 1.807) is 25.3 Å². The summed E-state index contributed by atoms with van der Waals surface area (Å²) in [6.45, 7) is 15.9. The molecule has 8 rings (SSSR count). The maximum atomic E-state index is 13.7. The summed E-state index contributed by atoms with van der Waals surface area (Å²) in [5.41, 5.74) is 5.29. The average molecular weight is 857 g/mol. The summed E-state index contributed by atoms with van der Waals surface area (Å²) in [6, 6.07) is 22.7. The molecular formula is C49H60N8O6. The second-order valence-electron chi connectivity index (χ2n) is 18.2. The van der Waals surface area contributed by atoms with Gasteiger partial charge in [-0.25, -0.2) is 0 Å². The van der Waals surface area contributed by atoms with Crippen LogP contribution in [0.5, 0.6) is 5.75 Å². The number of anilines is 2. The largest absolute Gasteiger partial charge is 0.489 e. The maximum Gasteiger partial charge on any atom is 0.251 e. The number of hydrogen-bond acceptors (Lipinski definition) is 11. The van der Waals surface area contributed by atoms with E-state index in [4.69, 9.17) is 9.47 Å². The van der Waals surface area contributed by atoms with Crippen molar-refractivity contribution in [1.82, 2.24) is 25.4 Å². The summed E-state index contributed by atoms with van der Waals surface area (Å²) in [7, 11) is 1.68. The second kappa shape index (κ2) is 18.5. The smallest absolute Gasteiger partial charge is 0.251 e. The molecule has 63 heavy (non-hydrogen) atoms. The molecule has 3 unspecified atom stereocenters. The van der Waals surface area contributed by atoms with E-state index in [1.165, 1.54) is 17.3 Å². The van der Waals surface area contributed by atoms with Crippen molar-refractivity contribution in [1.29, 1.82) is 5.26 Å². The number of nitrogens with zero attached hydrogens (tertiary/aromatic N) is 5. The van der Waals surface area contributed by atoms with E-state index in [0.717, 1.165) is 63.5 Å². The standard InChI is InChI=1S/C49H60N8O6/c1-6-41(49(3,4)42(7-2)63-40-17-10-33(27-50)45-38(40)15-18-43(58)52-45)51-46(60)32-8-11-35(12-9-32)55-24-22-54(23-25-55)28-31-20-21-56(29-31)36-13-14-37-34(26-36)30-57(48(37)62-5)39-16-19-44(59)53-47(39)61/h8-15,17-18,26,31,39,41-42,48H,6-7,16,19-25,28-30H2,1-5H3,(H,51,60)(H,52,58)(H,53,59,61)/t31-,39?,41-,42?,48?/m0/s1. The molecule has 3 fully saturated rings. The quantitative estimate of drug-likeness (QED) is 0.133. The number of aromatic nitrogens is 1. The molecule has 4 aliphatic rings. The number of carbonyl (C=O) groups is 3. The summed E-state index contributed by atoms with van der Waals surface area (Å²) < 4.78 is 12.5. The Morgan fingerprint density at radius 3 is 2.38 bits per heavy atom. The number of carbonyl (C=O) groups excluding carboxylic acids is 3. The third kappa shape index (κ3) is 9.05. The number of H-pyrrole nitrogens is 1. The van der Waals surface area contributed by atoms with Crippen LogP contribution in [-0.2, 0) is 20.9 Å². The number of imide groups is 1. The molecule has 3 N–H and O–H groups in total. The van der Waals surface area contributed by atoms with Crippen molar-refractivity contribution in [2.24, 2.45) is 11.3 Å². The van der Waals surface area contributed by atoms with Crippen LogP contribution in [-0.4, -0.2) is 104 Å². The highest BCUT2D eigenvalue weighted by Gasteiger charge is 2.42. The number of nitriles is 1. The first-order valence-corrected chi connectivity index (χ1v) is 22.5. The fraction of sp³-hybridized carbons (Fsp3) is 0.490. The first-order valence-electron chi connectivity index (χ1n) is 22.5. The first-order chi connectivity index (χ1) is 30.4. The zero-order chi connectivity index (χ0) is 44.4. The molecule has 5 heterocycles. The fourth-order valence-corrected chi connectivity index (χ4v) is 10.4. The van der Waals surface area contributed by atoms with E-state index in [1.807, 2.05) is 12.1 Å². The van der Waals surface area contributed by atoms with E-state index >= 15 is 0 Å². The van der Waals surface area contributed by atoms with E-state index < -0.39 is 5.41 Å². The van der Waals surface area contributed by atoms with Gasteiger partial charge in [0.2, 0.25) is 17.4 Å². The van der Waals surface area contributed by atoms with Crippen LogP contribution in [0, 0.1) is 22.7 Å². The molecule has 332 valence electrons. The summed E-state index contributed by atoms with van der Waals surface area (Å²) in [5, 5.41) is 16.1. The van der Waals surface area contributed by atoms with Crippen LogP contribution in [0.25, 0.3) is 10.9 Å². The normalized spacial score (nSPS) is 21.8. The van der Waals surface area contributed by atoms with Crippen LogP contribution in [0.1, 0.15) is 93.1 Å². The first kappa shape index (κ1) is 43.9. The van der Waals surface area contributed by atoms with Crippen LogP contribution in [0.2, 0.25) is 0 Å². The Kier molecular flexibility index (Phi) is 12.9. The predicted molar refractivity (Wildman–Crippen MR) is 243 cm³/mol. The second-order valence-corrected chi connectivity index (χ2v) is 18.2. The highest BCUT2D eigenvalue weighted by molar-refractivity contribution is 6.00. The molecule has 0 aliphatic carbocycles. The zero-order valence-electron chi connectivity index (χ0n) is 37.1. The highest BCUT2D eigenvalue weighted by Crippen LogP contribution is 2.40. The number of methoxy groups -OCH3 is 1. The van der Waals surface area contributed by atoms with Gasteiger partial charge in [-0.1, -0.05) is 33.8 Å². The third-order valence-electron chi connectivity index (χ3n) is 14.0. The summed E-state index contributed by atoms with van der Waals surface area (Å²) in [6.07, 6.45) is 2.81. The molecule has 1 aromatic heterocycles. The minimum Gasteiger partial charge on any atom is -0.489 e. The molecule has 4 aliphatic heterocycles. The Morgan fingerprint density at radius 1 is 0.921 bits per heavy atom. The zero-order valence-corrected chi connectivity index (χ0v) is 37.1. The lowest BCUT2D eigenvalue weighted by Crippen LogP contribution is -2.52. The number of fused-ring (bicyclic) bond motifs is 2. The maximum absolute atomic E-state index is 13.7. The summed E-state index contributed by atoms with van der Waals surface area (Å²) in [4.78, 5) is 62.6. The molecule has 4 aromatic rings. The number of amides is 3. The lowest BCUT2D eigenvalue weighted by Gasteiger charge is -2.40. The molecular weight excluding hydrogens is 797 g/mol. The van der Waals surface area contributed by atoms with E-state index in [-0.39, 0.29) is 47.7 Å². The molecule has 14 heteroatoms. The van der Waals surface area contributed by atoms with Crippen LogP contribution in [0.15, 0.2) is 71.5 Å². The van der Waals surface area contributed by atoms with Gasteiger partial charge >= 0.3 is 0 Å². The van der Waals surface area contributed by atoms with Gasteiger partial charge in [-0.2, -0.15) is 5.26 Å². The molecule has 5 atom stereocenters. The Hall–Kier alpha value is -5.75. The molecule has 0 saturated carbocycles. The van der Waals surface area contributed by atoms with E-state index in [0.29, 0.717) is 65.9 Å². The highest BCUT2D eigenvalue weighted by atomic mass is 16.5. The van der Waals surface area contributed by atoms with Crippen molar-refractivity contribution in [3.05, 3.63) is 99.3 Å². The van der Waals surface area contributed by atoms with Crippen molar-refractivity contribution in [3.63, 3.8) is 0 Å². The van der Waals surface area contributed by atoms with Crippen molar-refractivity contribution in [2.75, 3.05) is 62.7 Å². The number of nitrogens with one attached hydrogen (secondary N) is 3. The monoisotopic (exact) mass is 856 g/mol. The van der Waals surface area contributed by atoms with E-state index in [2.05, 4.69) is 99.3 Å². The number of piperazine rings is 1. The average Bonchev–Trinajstić information content (AvgIpc) is 3.91. The Labute approximate surface area is 369 Å². The van der Waals surface area contributed by atoms with Crippen LogP contribution in [0.4, 0.5) is 11.4 Å². The molecule has 3 amide bonds. The minimum atomic E-state index is -0.461. The molecule has 0 spiro atoms. The molecule has 3 saturated heterocycles. The van der Waals surface area contributed by atoms with Gasteiger partial charge in [0.25, 0.3) is 5.91 Å². The van der Waals surface area contributed by atoms with Gasteiger partial charge in [-0.3, -0.25) is 34.3 Å². The van der Waals surface area contributed by atoms with Gasteiger partial charge in [0.1, 0.15) is 24.2 Å². The number of piperidine rings is 1. The molecule has 0 bridgehead atoms. The molecule has 0 radical (unpaired) electrons. The van der Waals surface area contributed by atoms with Crippen molar-refractivity contribution >= 4 is 40.0 Å². The molecule has 3 aromatic carbocycles. The van der Waals surface area contributed by atoms with Crippen LogP contribution < -0.4 is 30.7 Å². The van der Waals surface area contributed by atoms with Gasteiger partial charge < -0.3 is 29.6 Å². The Balaban J connectivity index is 0.819. The van der Waals surface area contributed by atoms with Crippen molar-refractivity contribution in [2.45, 2.75) is 90.8 Å². The Morgan fingerprint density at radius 2 is 1.68 bits per heavy atom. The van der Waals surface area contributed by atoms with Gasteiger partial charge in [0, 0.05) is 111 Å². The van der Waals surface area contributed by atoms with Gasteiger partial charge in [-0.15, -0.1) is 0 Å². The summed E-state index contributed by atoms with van der Waals surface area (Å²) in [5.74, 6) is 0.587. The lowest BCUT2D eigenvalue weighted by molar-refractivity contribution is -0.143. The lowest BCUT2D eigenvalue weighted by atomic mass is 9.76.